The molecular weight excluding hydrogens is 632 g/mol. The summed E-state index contributed by atoms with van der Waals surface area (Å²) in [5.41, 5.74) is 1.16. The number of hydrazine groups is 2. The number of anilines is 3. The second kappa shape index (κ2) is 17.7. The van der Waals surface area contributed by atoms with Gasteiger partial charge in [-0.25, -0.2) is 26.5 Å². The topological polar surface area (TPSA) is 207 Å². The van der Waals surface area contributed by atoms with Crippen molar-refractivity contribution in [1.82, 2.24) is 9.80 Å². The number of amides is 4. The zero-order chi connectivity index (χ0) is 36.3. The lowest BCUT2D eigenvalue weighted by molar-refractivity contribution is -0.148. The van der Waals surface area contributed by atoms with Gasteiger partial charge in [-0.15, -0.1) is 0 Å². The van der Waals surface area contributed by atoms with Crippen molar-refractivity contribution in [3.05, 3.63) is 54.1 Å². The molecule has 1 saturated heterocycles. The molecule has 1 unspecified atom stereocenters. The molecule has 1 fully saturated rings. The largest absolute Gasteiger partial charge is 0.381 e. The van der Waals surface area contributed by atoms with E-state index in [1.807, 2.05) is 32.9 Å². The van der Waals surface area contributed by atoms with Crippen LogP contribution in [0.1, 0.15) is 52.5 Å². The highest BCUT2D eigenvalue weighted by Crippen LogP contribution is 2.23. The Bertz CT molecular complexity index is 1460. The quantitative estimate of drug-likeness (QED) is 0.115. The third kappa shape index (κ3) is 11.0. The van der Waals surface area contributed by atoms with Gasteiger partial charge in [0.05, 0.1) is 48.9 Å². The van der Waals surface area contributed by atoms with E-state index in [1.165, 1.54) is 9.80 Å². The van der Waals surface area contributed by atoms with E-state index in [1.54, 1.807) is 50.2 Å². The summed E-state index contributed by atoms with van der Waals surface area (Å²) in [6.07, 6.45) is 0.966. The van der Waals surface area contributed by atoms with Gasteiger partial charge in [-0.2, -0.15) is 5.90 Å². The molecule has 0 radical (unpaired) electrons. The Hall–Kier alpha value is -4.57. The minimum absolute atomic E-state index is 0.0624. The van der Waals surface area contributed by atoms with E-state index in [0.717, 1.165) is 15.6 Å². The monoisotopic (exact) mass is 682 g/mol. The van der Waals surface area contributed by atoms with Crippen LogP contribution in [0.25, 0.3) is 0 Å². The summed E-state index contributed by atoms with van der Waals surface area (Å²) >= 11 is 0. The van der Waals surface area contributed by atoms with Gasteiger partial charge < -0.3 is 24.7 Å². The Kier molecular flexibility index (Phi) is 14.1. The summed E-state index contributed by atoms with van der Waals surface area (Å²) in [7, 11) is 0. The number of nitrogens with two attached hydrogens (primary N) is 3. The number of benzene rings is 2. The van der Waals surface area contributed by atoms with Crippen molar-refractivity contribution < 1.29 is 33.5 Å². The molecular formula is C34H50N8O7. The van der Waals surface area contributed by atoms with E-state index >= 15 is 0 Å². The second-order valence-corrected chi connectivity index (χ2v) is 13.1. The molecule has 3 rings (SSSR count). The molecule has 15 heteroatoms. The fourth-order valence-electron chi connectivity index (χ4n) is 5.18. The van der Waals surface area contributed by atoms with Crippen LogP contribution in [0.5, 0.6) is 0 Å². The number of hydrogen-bond donors (Lipinski definition) is 4. The molecule has 268 valence electrons. The molecule has 7 N–H and O–H groups in total. The zero-order valence-corrected chi connectivity index (χ0v) is 29.0. The number of nitrogens with one attached hydrogen (secondary N) is 1. The Morgan fingerprint density at radius 1 is 0.959 bits per heavy atom. The number of ether oxygens (including phenoxy) is 1. The molecule has 0 spiro atoms. The zero-order valence-electron chi connectivity index (χ0n) is 29.0. The number of nitrogens with zero attached hydrogens (tertiary/aromatic N) is 4. The van der Waals surface area contributed by atoms with Crippen LogP contribution in [0.2, 0.25) is 0 Å². The number of carbonyl (C=O) groups excluding carboxylic acids is 5. The summed E-state index contributed by atoms with van der Waals surface area (Å²) in [4.78, 5) is 72.3. The van der Waals surface area contributed by atoms with Crippen molar-refractivity contribution in [3.8, 4) is 0 Å². The predicted octanol–water partition coefficient (Wildman–Crippen LogP) is 2.48. The Balaban J connectivity index is 1.69. The summed E-state index contributed by atoms with van der Waals surface area (Å²) in [5, 5.41) is 5.11. The Morgan fingerprint density at radius 2 is 1.63 bits per heavy atom. The van der Waals surface area contributed by atoms with Gasteiger partial charge in [0, 0.05) is 25.4 Å². The van der Waals surface area contributed by atoms with Gasteiger partial charge in [-0.05, 0) is 75.4 Å². The van der Waals surface area contributed by atoms with E-state index in [9.17, 15) is 24.0 Å². The smallest absolute Gasteiger partial charge is 0.357 e. The van der Waals surface area contributed by atoms with Crippen LogP contribution in [0.4, 0.5) is 21.9 Å². The van der Waals surface area contributed by atoms with Crippen molar-refractivity contribution in [1.29, 1.82) is 0 Å². The fraction of sp³-hybridized carbons (Fsp3) is 0.500. The van der Waals surface area contributed by atoms with Gasteiger partial charge in [0.1, 0.15) is 0 Å². The minimum Gasteiger partial charge on any atom is -0.381 e. The summed E-state index contributed by atoms with van der Waals surface area (Å²) in [5.74, 6) is 15.3. The summed E-state index contributed by atoms with van der Waals surface area (Å²) in [6.45, 7) is 9.65. The number of hydrogen-bond acceptors (Lipinski definition) is 11. The van der Waals surface area contributed by atoms with Gasteiger partial charge >= 0.3 is 12.0 Å². The van der Waals surface area contributed by atoms with Crippen LogP contribution >= 0.6 is 0 Å². The maximum absolute atomic E-state index is 13.7. The van der Waals surface area contributed by atoms with Crippen molar-refractivity contribution >= 4 is 46.7 Å². The molecule has 49 heavy (non-hydrogen) atoms. The maximum atomic E-state index is 13.7. The van der Waals surface area contributed by atoms with E-state index in [-0.39, 0.29) is 50.3 Å². The third-order valence-electron chi connectivity index (χ3n) is 8.38. The predicted molar refractivity (Wildman–Crippen MR) is 185 cm³/mol. The molecule has 1 heterocycles. The Labute approximate surface area is 287 Å². The average Bonchev–Trinajstić information content (AvgIpc) is 3.62. The molecule has 0 aromatic heterocycles. The maximum Gasteiger partial charge on any atom is 0.357 e. The lowest BCUT2D eigenvalue weighted by Crippen LogP contribution is -2.51. The number of Topliss-reactive ketones (excluding diaryl/α,β-unsaturated/α-hetero) is 1. The summed E-state index contributed by atoms with van der Waals surface area (Å²) in [6, 6.07) is 13.1. The molecule has 1 atom stereocenters. The van der Waals surface area contributed by atoms with Crippen LogP contribution < -0.4 is 32.9 Å². The lowest BCUT2D eigenvalue weighted by Gasteiger charge is -2.32. The lowest BCUT2D eigenvalue weighted by atomic mass is 9.97. The van der Waals surface area contributed by atoms with Crippen LogP contribution in [0.3, 0.4) is 0 Å². The highest BCUT2D eigenvalue weighted by Gasteiger charge is 2.33. The van der Waals surface area contributed by atoms with Gasteiger partial charge in [-0.3, -0.25) is 19.2 Å². The molecule has 0 saturated carbocycles. The molecule has 0 bridgehead atoms. The van der Waals surface area contributed by atoms with E-state index < -0.39 is 29.4 Å². The fourth-order valence-corrected chi connectivity index (χ4v) is 5.18. The Morgan fingerprint density at radius 3 is 2.22 bits per heavy atom. The molecule has 15 nitrogen and oxygen atoms in total. The standard InChI is InChI=1S/C34H50N8O7/c1-23(2)14-17-39(30(44)21-40(18-15-31(45)49-37)32(46)25-16-19-48-22-25)20-29(43)34(4,5)38-26-10-12-27(13-11-26)41(35)33(47)42(36)28-9-7-6-8-24(28)3/h6-13,23,25,38H,14-22,35-37H2,1-5H3. The first-order chi connectivity index (χ1) is 23.1. The summed E-state index contributed by atoms with van der Waals surface area (Å²) < 4.78 is 5.35. The molecule has 4 amide bonds. The first-order valence-electron chi connectivity index (χ1n) is 16.3. The van der Waals surface area contributed by atoms with E-state index in [2.05, 4.69) is 10.2 Å². The molecule has 2 aromatic rings. The van der Waals surface area contributed by atoms with Gasteiger partial charge in [0.25, 0.3) is 0 Å². The van der Waals surface area contributed by atoms with Crippen molar-refractivity contribution in [2.45, 2.75) is 59.4 Å². The molecule has 1 aliphatic rings. The number of ketones is 1. The normalized spacial score (nSPS) is 14.3. The number of urea groups is 1. The van der Waals surface area contributed by atoms with Crippen molar-refractivity contribution in [2.24, 2.45) is 29.4 Å². The van der Waals surface area contributed by atoms with Crippen LogP contribution in [-0.4, -0.2) is 84.3 Å². The number of carbonyl (C=O) groups is 5. The van der Waals surface area contributed by atoms with E-state index in [0.29, 0.717) is 43.1 Å². The van der Waals surface area contributed by atoms with E-state index in [4.69, 9.17) is 22.3 Å². The number of aryl methyl sites for hydroxylation is 1. The number of rotatable bonds is 16. The molecule has 0 aliphatic carbocycles. The van der Waals surface area contributed by atoms with Crippen LogP contribution in [0.15, 0.2) is 48.5 Å². The van der Waals surface area contributed by atoms with Crippen molar-refractivity contribution in [2.75, 3.05) is 54.7 Å². The number of para-hydroxylation sites is 1. The molecule has 1 aliphatic heterocycles. The van der Waals surface area contributed by atoms with Gasteiger partial charge in [0.15, 0.2) is 5.78 Å². The minimum atomic E-state index is -1.11. The highest BCUT2D eigenvalue weighted by molar-refractivity contribution is 6.02. The third-order valence-corrected chi connectivity index (χ3v) is 8.38. The first kappa shape index (κ1) is 38.9. The second-order valence-electron chi connectivity index (χ2n) is 13.1. The first-order valence-corrected chi connectivity index (χ1v) is 16.3. The molecule has 2 aromatic carbocycles. The van der Waals surface area contributed by atoms with Crippen LogP contribution in [0, 0.1) is 18.8 Å². The van der Waals surface area contributed by atoms with Gasteiger partial charge in [-0.1, -0.05) is 32.0 Å². The van der Waals surface area contributed by atoms with Gasteiger partial charge in [0.2, 0.25) is 11.8 Å². The van der Waals surface area contributed by atoms with Crippen LogP contribution in [-0.2, 0) is 28.8 Å². The average molecular weight is 683 g/mol. The highest BCUT2D eigenvalue weighted by atomic mass is 16.7. The van der Waals surface area contributed by atoms with Crippen molar-refractivity contribution in [3.63, 3.8) is 0 Å². The SMILES string of the molecule is Cc1ccccc1N(N)C(=O)N(N)c1ccc(NC(C)(C)C(=O)CN(CCC(C)C)C(=O)CN(CCC(=O)ON)C(=O)C2CCOC2)cc1.